The summed E-state index contributed by atoms with van der Waals surface area (Å²) in [6.45, 7) is 4.66. The summed E-state index contributed by atoms with van der Waals surface area (Å²) in [5.41, 5.74) is -0.775. The lowest BCUT2D eigenvalue weighted by atomic mass is 9.73. The Morgan fingerprint density at radius 1 is 1.17 bits per heavy atom. The second kappa shape index (κ2) is 6.13. The van der Waals surface area contributed by atoms with E-state index in [9.17, 15) is 14.4 Å². The average Bonchev–Trinajstić information content (AvgIpc) is 2.76. The number of imide groups is 1. The van der Waals surface area contributed by atoms with Crippen LogP contribution in [0.4, 0.5) is 4.79 Å². The van der Waals surface area contributed by atoms with E-state index in [-0.39, 0.29) is 30.3 Å². The lowest BCUT2D eigenvalue weighted by Crippen LogP contribution is -2.54. The van der Waals surface area contributed by atoms with E-state index in [1.807, 2.05) is 18.7 Å². The predicted octanol–water partition coefficient (Wildman–Crippen LogP) is 1.89. The Bertz CT molecular complexity index is 521. The van der Waals surface area contributed by atoms with Gasteiger partial charge in [0.05, 0.1) is 0 Å². The van der Waals surface area contributed by atoms with Crippen LogP contribution in [0.1, 0.15) is 58.8 Å². The second-order valence-electron chi connectivity index (χ2n) is 7.37. The predicted molar refractivity (Wildman–Crippen MR) is 85.6 cm³/mol. The summed E-state index contributed by atoms with van der Waals surface area (Å²) < 4.78 is 0. The van der Waals surface area contributed by atoms with Crippen molar-refractivity contribution in [1.29, 1.82) is 0 Å². The Morgan fingerprint density at radius 3 is 2.61 bits per heavy atom. The lowest BCUT2D eigenvalue weighted by molar-refractivity contribution is -0.142. The van der Waals surface area contributed by atoms with Crippen LogP contribution < -0.4 is 5.32 Å². The van der Waals surface area contributed by atoms with Gasteiger partial charge in [0.1, 0.15) is 12.1 Å². The minimum Gasteiger partial charge on any atom is -0.338 e. The third kappa shape index (κ3) is 2.72. The molecule has 3 fully saturated rings. The van der Waals surface area contributed by atoms with Crippen molar-refractivity contribution in [2.75, 3.05) is 13.1 Å². The van der Waals surface area contributed by atoms with Gasteiger partial charge < -0.3 is 10.2 Å². The molecule has 2 aliphatic heterocycles. The number of urea groups is 1. The van der Waals surface area contributed by atoms with Crippen LogP contribution in [0.2, 0.25) is 0 Å². The van der Waals surface area contributed by atoms with Gasteiger partial charge >= 0.3 is 6.03 Å². The number of piperidine rings is 1. The van der Waals surface area contributed by atoms with Crippen LogP contribution in [0, 0.1) is 5.92 Å². The number of hydrogen-bond acceptors (Lipinski definition) is 3. The van der Waals surface area contributed by atoms with E-state index in [0.29, 0.717) is 6.42 Å². The first kappa shape index (κ1) is 16.3. The van der Waals surface area contributed by atoms with Crippen LogP contribution >= 0.6 is 0 Å². The zero-order chi connectivity index (χ0) is 16.6. The fourth-order valence-electron chi connectivity index (χ4n) is 4.33. The van der Waals surface area contributed by atoms with E-state index in [0.717, 1.165) is 50.0 Å². The van der Waals surface area contributed by atoms with Gasteiger partial charge in [0.15, 0.2) is 0 Å². The van der Waals surface area contributed by atoms with Gasteiger partial charge in [-0.05, 0) is 44.9 Å². The van der Waals surface area contributed by atoms with Crippen LogP contribution in [0.25, 0.3) is 0 Å². The summed E-state index contributed by atoms with van der Waals surface area (Å²) in [7, 11) is 0. The van der Waals surface area contributed by atoms with Gasteiger partial charge in [0.2, 0.25) is 5.91 Å². The van der Waals surface area contributed by atoms with Gasteiger partial charge in [-0.15, -0.1) is 0 Å². The molecule has 3 atom stereocenters. The van der Waals surface area contributed by atoms with Crippen LogP contribution in [0.5, 0.6) is 0 Å². The van der Waals surface area contributed by atoms with E-state index in [2.05, 4.69) is 5.32 Å². The summed E-state index contributed by atoms with van der Waals surface area (Å²) >= 11 is 0. The highest BCUT2D eigenvalue weighted by Crippen LogP contribution is 2.38. The maximum atomic E-state index is 12.9. The minimum absolute atomic E-state index is 0.110. The zero-order valence-electron chi connectivity index (χ0n) is 14.1. The van der Waals surface area contributed by atoms with Crippen molar-refractivity contribution in [3.05, 3.63) is 0 Å². The first-order chi connectivity index (χ1) is 11.0. The summed E-state index contributed by atoms with van der Waals surface area (Å²) in [4.78, 5) is 40.7. The highest BCUT2D eigenvalue weighted by atomic mass is 16.2. The van der Waals surface area contributed by atoms with E-state index >= 15 is 0 Å². The number of amides is 4. The molecule has 2 saturated heterocycles. The molecule has 3 aliphatic rings. The van der Waals surface area contributed by atoms with Gasteiger partial charge in [-0.2, -0.15) is 0 Å². The minimum atomic E-state index is -0.775. The van der Waals surface area contributed by atoms with Crippen LogP contribution in [0.3, 0.4) is 0 Å². The summed E-state index contributed by atoms with van der Waals surface area (Å²) in [5.74, 6) is -0.185. The highest BCUT2D eigenvalue weighted by Gasteiger charge is 2.55. The molecule has 1 saturated carbocycles. The molecule has 1 N–H and O–H groups in total. The fourth-order valence-corrected chi connectivity index (χ4v) is 4.33. The quantitative estimate of drug-likeness (QED) is 0.790. The first-order valence-electron chi connectivity index (χ1n) is 8.89. The zero-order valence-corrected chi connectivity index (χ0v) is 14.1. The Morgan fingerprint density at radius 2 is 1.91 bits per heavy atom. The first-order valence-corrected chi connectivity index (χ1v) is 8.89. The van der Waals surface area contributed by atoms with Gasteiger partial charge in [0, 0.05) is 12.6 Å². The standard InChI is InChI=1S/C17H27N3O3/c1-12-7-3-5-9-17(12)15(22)20(16(23)18-17)11-14(21)19-10-6-4-8-13(19)2/h12-13H,3-11H2,1-2H3,(H,18,23)/t12-,13-,17+/m1/s1. The van der Waals surface area contributed by atoms with Crippen LogP contribution in [-0.2, 0) is 9.59 Å². The molecule has 0 aromatic rings. The number of rotatable bonds is 2. The van der Waals surface area contributed by atoms with Crippen molar-refractivity contribution in [2.24, 2.45) is 5.92 Å². The smallest absolute Gasteiger partial charge is 0.325 e. The van der Waals surface area contributed by atoms with Crippen molar-refractivity contribution >= 4 is 17.8 Å². The molecule has 0 radical (unpaired) electrons. The Hall–Kier alpha value is -1.59. The molecule has 1 spiro atoms. The third-order valence-electron chi connectivity index (χ3n) is 5.92. The van der Waals surface area contributed by atoms with Crippen molar-refractivity contribution in [2.45, 2.75) is 70.4 Å². The van der Waals surface area contributed by atoms with Crippen molar-refractivity contribution in [1.82, 2.24) is 15.1 Å². The summed E-state index contributed by atoms with van der Waals surface area (Å²) in [6.07, 6.45) is 6.79. The molecule has 0 aromatic carbocycles. The van der Waals surface area contributed by atoms with Crippen LogP contribution in [0.15, 0.2) is 0 Å². The Kier molecular flexibility index (Phi) is 4.34. The molecule has 6 nitrogen and oxygen atoms in total. The number of carbonyl (C=O) groups excluding carboxylic acids is 3. The van der Waals surface area contributed by atoms with Crippen molar-refractivity contribution in [3.63, 3.8) is 0 Å². The number of nitrogens with one attached hydrogen (secondary N) is 1. The summed E-state index contributed by atoms with van der Waals surface area (Å²) in [5, 5.41) is 2.91. The molecule has 0 aromatic heterocycles. The van der Waals surface area contributed by atoms with E-state index in [1.54, 1.807) is 0 Å². The average molecular weight is 321 g/mol. The Balaban J connectivity index is 1.72. The van der Waals surface area contributed by atoms with Crippen molar-refractivity contribution in [3.8, 4) is 0 Å². The molecule has 0 unspecified atom stereocenters. The molecule has 2 heterocycles. The SMILES string of the molecule is C[C@@H]1CCCCN1C(=O)CN1C(=O)N[C@]2(CCCC[C@H]2C)C1=O. The van der Waals surface area contributed by atoms with E-state index in [4.69, 9.17) is 0 Å². The maximum Gasteiger partial charge on any atom is 0.325 e. The number of likely N-dealkylation sites (tertiary alicyclic amines) is 1. The molecule has 4 amide bonds. The van der Waals surface area contributed by atoms with Gasteiger partial charge in [-0.3, -0.25) is 14.5 Å². The second-order valence-corrected chi connectivity index (χ2v) is 7.37. The largest absolute Gasteiger partial charge is 0.338 e. The molecule has 0 bridgehead atoms. The Labute approximate surface area is 137 Å². The molecule has 128 valence electrons. The van der Waals surface area contributed by atoms with E-state index in [1.165, 1.54) is 0 Å². The molecule has 6 heteroatoms. The molecular weight excluding hydrogens is 294 g/mol. The maximum absolute atomic E-state index is 12.9. The monoisotopic (exact) mass is 321 g/mol. The molecule has 23 heavy (non-hydrogen) atoms. The van der Waals surface area contributed by atoms with Gasteiger partial charge in [-0.1, -0.05) is 19.8 Å². The lowest BCUT2D eigenvalue weighted by Gasteiger charge is -2.37. The normalized spacial score (nSPS) is 34.9. The molecular formula is C17H27N3O3. The van der Waals surface area contributed by atoms with Crippen LogP contribution in [-0.4, -0.2) is 52.3 Å². The van der Waals surface area contributed by atoms with Crippen molar-refractivity contribution < 1.29 is 14.4 Å². The van der Waals surface area contributed by atoms with Gasteiger partial charge in [-0.25, -0.2) is 4.79 Å². The number of carbonyl (C=O) groups is 3. The highest BCUT2D eigenvalue weighted by molar-refractivity contribution is 6.09. The fraction of sp³-hybridized carbons (Fsp3) is 0.824. The van der Waals surface area contributed by atoms with Gasteiger partial charge in [0.25, 0.3) is 5.91 Å². The summed E-state index contributed by atoms with van der Waals surface area (Å²) in [6, 6.07) is -0.207. The number of hydrogen-bond donors (Lipinski definition) is 1. The van der Waals surface area contributed by atoms with E-state index < -0.39 is 11.6 Å². The molecule has 3 rings (SSSR count). The topological polar surface area (TPSA) is 69.7 Å². The third-order valence-corrected chi connectivity index (χ3v) is 5.92. The molecule has 1 aliphatic carbocycles. The number of nitrogens with zero attached hydrogens (tertiary/aromatic N) is 2.